The first-order valence-corrected chi connectivity index (χ1v) is 10.2. The highest BCUT2D eigenvalue weighted by Crippen LogP contribution is 2.29. The lowest BCUT2D eigenvalue weighted by Crippen LogP contribution is -2.51. The summed E-state index contributed by atoms with van der Waals surface area (Å²) in [4.78, 5) is 7.54. The van der Waals surface area contributed by atoms with Gasteiger partial charge in [-0.3, -0.25) is 4.90 Å². The first-order chi connectivity index (χ1) is 11.6. The Kier molecular flexibility index (Phi) is 4.10. The maximum Gasteiger partial charge on any atom is 0.285 e. The van der Waals surface area contributed by atoms with Crippen LogP contribution in [0.25, 0.3) is 0 Å². The van der Waals surface area contributed by atoms with Crippen LogP contribution in [0.5, 0.6) is 0 Å². The van der Waals surface area contributed by atoms with E-state index in [-0.39, 0.29) is 0 Å². The van der Waals surface area contributed by atoms with E-state index in [0.717, 1.165) is 57.8 Å². The van der Waals surface area contributed by atoms with Crippen LogP contribution in [0.2, 0.25) is 0 Å². The zero-order valence-electron chi connectivity index (χ0n) is 14.1. The molecule has 0 aliphatic carbocycles. The Hall–Kier alpha value is -1.44. The van der Waals surface area contributed by atoms with Crippen molar-refractivity contribution in [3.8, 4) is 0 Å². The van der Waals surface area contributed by atoms with Gasteiger partial charge in [0.1, 0.15) is 4.90 Å². The third-order valence-corrected chi connectivity index (χ3v) is 6.77. The molecule has 24 heavy (non-hydrogen) atoms. The molecule has 0 amide bonds. The third-order valence-electron chi connectivity index (χ3n) is 5.45. The van der Waals surface area contributed by atoms with Crippen molar-refractivity contribution in [1.29, 1.82) is 0 Å². The maximum absolute atomic E-state index is 12.2. The summed E-state index contributed by atoms with van der Waals surface area (Å²) in [5.74, 6) is 0.639. The maximum atomic E-state index is 12.2. The fraction of sp³-hybridized carbons (Fsp3) is 0.588. The number of likely N-dealkylation sites (N-methyl/N-ethyl adjacent to an activating group) is 1. The summed E-state index contributed by atoms with van der Waals surface area (Å²) < 4.78 is 28.5. The second kappa shape index (κ2) is 6.13. The van der Waals surface area contributed by atoms with E-state index >= 15 is 0 Å². The van der Waals surface area contributed by atoms with Gasteiger partial charge in [0.05, 0.1) is 0 Å². The van der Waals surface area contributed by atoms with Crippen molar-refractivity contribution in [2.24, 2.45) is 4.40 Å². The van der Waals surface area contributed by atoms with Crippen LogP contribution in [0, 0.1) is 0 Å². The Morgan fingerprint density at radius 1 is 1.12 bits per heavy atom. The number of hydrogen-bond donors (Lipinski definition) is 0. The number of sulfonamides is 1. The number of nitrogens with zero attached hydrogens (tertiary/aromatic N) is 4. The van der Waals surface area contributed by atoms with Gasteiger partial charge in [0, 0.05) is 50.9 Å². The van der Waals surface area contributed by atoms with Crippen molar-refractivity contribution in [2.75, 3.05) is 45.8 Å². The van der Waals surface area contributed by atoms with Crippen molar-refractivity contribution in [2.45, 2.75) is 24.3 Å². The van der Waals surface area contributed by atoms with Gasteiger partial charge in [0.25, 0.3) is 10.0 Å². The predicted octanol–water partition coefficient (Wildman–Crippen LogP) is 0.847. The second-order valence-corrected chi connectivity index (χ2v) is 8.32. The molecule has 3 aliphatic heterocycles. The Balaban J connectivity index is 1.48. The molecule has 1 aromatic carbocycles. The molecule has 0 N–H and O–H groups in total. The van der Waals surface area contributed by atoms with Crippen LogP contribution < -0.4 is 0 Å². The molecule has 1 atom stereocenters. The van der Waals surface area contributed by atoms with Crippen molar-refractivity contribution >= 4 is 15.9 Å². The number of fused-ring (bicyclic) bond motifs is 1. The van der Waals surface area contributed by atoms with Crippen LogP contribution in [0.15, 0.2) is 33.6 Å². The van der Waals surface area contributed by atoms with Crippen LogP contribution in [0.3, 0.4) is 0 Å². The summed E-state index contributed by atoms with van der Waals surface area (Å²) in [6, 6.07) is 7.66. The number of rotatable bonds is 2. The average molecular weight is 348 g/mol. The van der Waals surface area contributed by atoms with E-state index in [4.69, 9.17) is 0 Å². The van der Waals surface area contributed by atoms with Crippen LogP contribution in [0.4, 0.5) is 0 Å². The minimum Gasteiger partial charge on any atom is -0.354 e. The van der Waals surface area contributed by atoms with Crippen LogP contribution >= 0.6 is 0 Å². The highest BCUT2D eigenvalue weighted by molar-refractivity contribution is 7.90. The molecule has 1 aromatic rings. The lowest BCUT2D eigenvalue weighted by molar-refractivity contribution is 0.104. The van der Waals surface area contributed by atoms with Crippen molar-refractivity contribution in [3.05, 3.63) is 29.8 Å². The molecule has 4 rings (SSSR count). The number of amidine groups is 1. The summed E-state index contributed by atoms with van der Waals surface area (Å²) in [7, 11) is -3.52. The largest absolute Gasteiger partial charge is 0.354 e. The molecule has 2 saturated heterocycles. The summed E-state index contributed by atoms with van der Waals surface area (Å²) in [5.41, 5.74) is 0.758. The van der Waals surface area contributed by atoms with Crippen molar-refractivity contribution in [3.63, 3.8) is 0 Å². The van der Waals surface area contributed by atoms with Crippen LogP contribution in [-0.4, -0.2) is 80.8 Å². The van der Waals surface area contributed by atoms with Gasteiger partial charge in [-0.15, -0.1) is 4.40 Å². The van der Waals surface area contributed by atoms with Crippen molar-refractivity contribution < 1.29 is 8.42 Å². The minimum absolute atomic E-state index is 0.347. The Labute approximate surface area is 143 Å². The molecule has 2 fully saturated rings. The van der Waals surface area contributed by atoms with Gasteiger partial charge >= 0.3 is 0 Å². The lowest BCUT2D eigenvalue weighted by atomic mass is 10.2. The molecule has 0 radical (unpaired) electrons. The van der Waals surface area contributed by atoms with E-state index in [1.165, 1.54) is 0 Å². The Morgan fingerprint density at radius 3 is 2.62 bits per heavy atom. The van der Waals surface area contributed by atoms with E-state index in [1.54, 1.807) is 12.1 Å². The van der Waals surface area contributed by atoms with Gasteiger partial charge in [-0.2, -0.15) is 8.42 Å². The Morgan fingerprint density at radius 2 is 1.88 bits per heavy atom. The monoisotopic (exact) mass is 348 g/mol. The first kappa shape index (κ1) is 16.1. The molecule has 7 heteroatoms. The summed E-state index contributed by atoms with van der Waals surface area (Å²) in [6.07, 6.45) is 1.08. The second-order valence-electron chi connectivity index (χ2n) is 6.74. The SMILES string of the molecule is CCN1CCN(C2CCN(C3=NS(=O)(=O)c4ccccc43)C2)CC1. The molecular formula is C17H24N4O2S. The molecular weight excluding hydrogens is 324 g/mol. The summed E-state index contributed by atoms with van der Waals surface area (Å²) >= 11 is 0. The first-order valence-electron chi connectivity index (χ1n) is 8.74. The van der Waals surface area contributed by atoms with Gasteiger partial charge < -0.3 is 9.80 Å². The van der Waals surface area contributed by atoms with E-state index in [2.05, 4.69) is 26.0 Å². The zero-order valence-corrected chi connectivity index (χ0v) is 14.9. The molecule has 0 bridgehead atoms. The lowest BCUT2D eigenvalue weighted by Gasteiger charge is -2.37. The molecule has 1 unspecified atom stereocenters. The van der Waals surface area contributed by atoms with E-state index in [1.807, 2.05) is 12.1 Å². The molecule has 3 heterocycles. The summed E-state index contributed by atoms with van der Waals surface area (Å²) in [5, 5.41) is 0. The van der Waals surface area contributed by atoms with E-state index < -0.39 is 10.0 Å². The standard InChI is InChI=1S/C17H24N4O2S/c1-2-19-9-11-20(12-10-19)14-7-8-21(13-14)17-15-5-3-4-6-16(15)24(22,23)18-17/h3-6,14H,2,7-13H2,1H3. The summed E-state index contributed by atoms with van der Waals surface area (Å²) in [6.45, 7) is 9.55. The van der Waals surface area contributed by atoms with Crippen molar-refractivity contribution in [1.82, 2.24) is 14.7 Å². The molecule has 0 saturated carbocycles. The molecule has 3 aliphatic rings. The molecule has 130 valence electrons. The molecule has 0 aromatic heterocycles. The van der Waals surface area contributed by atoms with Crippen LogP contribution in [-0.2, 0) is 10.0 Å². The predicted molar refractivity (Wildman–Crippen MR) is 93.8 cm³/mol. The number of hydrogen-bond acceptors (Lipinski definition) is 5. The average Bonchev–Trinajstić information content (AvgIpc) is 3.19. The fourth-order valence-corrected chi connectivity index (χ4v) is 5.22. The minimum atomic E-state index is -3.52. The number of likely N-dealkylation sites (tertiary alicyclic amines) is 1. The fourth-order valence-electron chi connectivity index (χ4n) is 3.99. The third kappa shape index (κ3) is 2.74. The Bertz CT molecular complexity index is 754. The van der Waals surface area contributed by atoms with Gasteiger partial charge in [0.15, 0.2) is 5.84 Å². The van der Waals surface area contributed by atoms with Gasteiger partial charge in [0.2, 0.25) is 0 Å². The van der Waals surface area contributed by atoms with E-state index in [0.29, 0.717) is 16.8 Å². The molecule has 6 nitrogen and oxygen atoms in total. The van der Waals surface area contributed by atoms with Gasteiger partial charge in [-0.05, 0) is 25.1 Å². The van der Waals surface area contributed by atoms with Crippen LogP contribution in [0.1, 0.15) is 18.9 Å². The topological polar surface area (TPSA) is 56.2 Å². The zero-order chi connectivity index (χ0) is 16.7. The van der Waals surface area contributed by atoms with Gasteiger partial charge in [-0.1, -0.05) is 19.1 Å². The highest BCUT2D eigenvalue weighted by Gasteiger charge is 2.36. The van der Waals surface area contributed by atoms with Gasteiger partial charge in [-0.25, -0.2) is 0 Å². The van der Waals surface area contributed by atoms with E-state index in [9.17, 15) is 8.42 Å². The molecule has 0 spiro atoms. The number of piperazine rings is 1. The highest BCUT2D eigenvalue weighted by atomic mass is 32.2. The quantitative estimate of drug-likeness (QED) is 0.793. The smallest absolute Gasteiger partial charge is 0.285 e. The number of benzene rings is 1. The normalized spacial score (nSPS) is 27.3.